The number of methoxy groups -OCH3 is 1. The van der Waals surface area contributed by atoms with Gasteiger partial charge in [0.15, 0.2) is 11.6 Å². The molecule has 4 aromatic rings. The molecule has 0 bridgehead atoms. The van der Waals surface area contributed by atoms with Crippen LogP contribution in [0.3, 0.4) is 0 Å². The highest BCUT2D eigenvalue weighted by Gasteiger charge is 2.32. The summed E-state index contributed by atoms with van der Waals surface area (Å²) in [5, 5.41) is 1.30. The highest BCUT2D eigenvalue weighted by molar-refractivity contribution is 5.84. The van der Waals surface area contributed by atoms with Crippen LogP contribution in [0.5, 0.6) is 5.75 Å². The summed E-state index contributed by atoms with van der Waals surface area (Å²) in [6, 6.07) is 20.8. The quantitative estimate of drug-likeness (QED) is 0.219. The molecule has 0 N–H and O–H groups in total. The molecule has 0 aliphatic rings. The summed E-state index contributed by atoms with van der Waals surface area (Å²) < 4.78 is 74.8. The normalized spacial score (nSPS) is 11.7. The van der Waals surface area contributed by atoms with Crippen LogP contribution < -0.4 is 4.74 Å². The van der Waals surface area contributed by atoms with Crippen molar-refractivity contribution < 1.29 is 31.4 Å². The Bertz CT molecular complexity index is 1330. The van der Waals surface area contributed by atoms with Crippen LogP contribution in [0.4, 0.5) is 22.0 Å². The van der Waals surface area contributed by atoms with Crippen molar-refractivity contribution in [1.82, 2.24) is 0 Å². The van der Waals surface area contributed by atoms with Gasteiger partial charge in [0.2, 0.25) is 0 Å². The van der Waals surface area contributed by atoms with Crippen LogP contribution in [0.1, 0.15) is 27.8 Å². The largest absolute Gasteiger partial charge is 0.573 e. The number of aryl methyl sites for hydroxylation is 4. The van der Waals surface area contributed by atoms with Crippen molar-refractivity contribution >= 4 is 10.8 Å². The molecule has 188 valence electrons. The number of halogens is 5. The molecule has 7 heteroatoms. The van der Waals surface area contributed by atoms with Gasteiger partial charge in [-0.3, -0.25) is 0 Å². The Balaban J connectivity index is 1.40. The third kappa shape index (κ3) is 6.61. The van der Waals surface area contributed by atoms with Crippen LogP contribution in [-0.4, -0.2) is 13.5 Å². The van der Waals surface area contributed by atoms with E-state index in [1.807, 2.05) is 18.2 Å². The second kappa shape index (κ2) is 11.1. The zero-order chi connectivity index (χ0) is 25.7. The molecule has 0 saturated heterocycles. The molecule has 0 radical (unpaired) electrons. The van der Waals surface area contributed by atoms with E-state index >= 15 is 4.39 Å². The maximum Gasteiger partial charge on any atom is 0.573 e. The lowest BCUT2D eigenvalue weighted by Gasteiger charge is -2.11. The average Bonchev–Trinajstić information content (AvgIpc) is 2.84. The first-order chi connectivity index (χ1) is 17.2. The number of hydrogen-bond acceptors (Lipinski definition) is 2. The molecule has 0 unspecified atom stereocenters. The highest BCUT2D eigenvalue weighted by Crippen LogP contribution is 2.28. The molecule has 0 aliphatic carbocycles. The van der Waals surface area contributed by atoms with Gasteiger partial charge < -0.3 is 9.47 Å². The summed E-state index contributed by atoms with van der Waals surface area (Å²) in [5.41, 5.74) is 4.35. The molecule has 0 aliphatic heterocycles. The summed E-state index contributed by atoms with van der Waals surface area (Å²) in [5.74, 6) is -2.34. The smallest absolute Gasteiger partial charge is 0.403 e. The molecule has 0 saturated carbocycles. The topological polar surface area (TPSA) is 18.5 Å². The second-order valence-corrected chi connectivity index (χ2v) is 8.66. The zero-order valence-electron chi connectivity index (χ0n) is 19.7. The van der Waals surface area contributed by atoms with Gasteiger partial charge in [-0.1, -0.05) is 60.7 Å². The number of fused-ring (bicyclic) bond motifs is 1. The Morgan fingerprint density at radius 1 is 0.667 bits per heavy atom. The van der Waals surface area contributed by atoms with Crippen LogP contribution in [0.25, 0.3) is 10.8 Å². The molecule has 0 aromatic heterocycles. The molecular weight excluding hydrogens is 475 g/mol. The van der Waals surface area contributed by atoms with Gasteiger partial charge in [0.25, 0.3) is 0 Å². The van der Waals surface area contributed by atoms with E-state index in [-0.39, 0.29) is 18.7 Å². The Labute approximate surface area is 206 Å². The molecular formula is C29H25F5O2. The van der Waals surface area contributed by atoms with Gasteiger partial charge >= 0.3 is 6.36 Å². The lowest BCUT2D eigenvalue weighted by atomic mass is 9.97. The molecule has 0 atom stereocenters. The van der Waals surface area contributed by atoms with Crippen molar-refractivity contribution in [3.8, 4) is 5.75 Å². The van der Waals surface area contributed by atoms with E-state index in [1.165, 1.54) is 11.6 Å². The SMILES string of the molecule is COCc1ccc(CCc2ccc3c(F)c(CCc4ccc(OC(F)(F)F)c(F)c4)ccc3c2)cc1. The van der Waals surface area contributed by atoms with Crippen LogP contribution in [0.2, 0.25) is 0 Å². The monoisotopic (exact) mass is 500 g/mol. The fraction of sp³-hybridized carbons (Fsp3) is 0.241. The Morgan fingerprint density at radius 2 is 1.28 bits per heavy atom. The van der Waals surface area contributed by atoms with Crippen LogP contribution in [0.15, 0.2) is 72.8 Å². The zero-order valence-corrected chi connectivity index (χ0v) is 19.7. The average molecular weight is 501 g/mol. The van der Waals surface area contributed by atoms with Gasteiger partial charge in [0, 0.05) is 12.5 Å². The van der Waals surface area contributed by atoms with Gasteiger partial charge in [-0.05, 0) is 71.0 Å². The molecule has 0 amide bonds. The standard InChI is InChI=1S/C29H25F5O2/c1-35-18-22-6-3-19(4-7-22)2-5-20-9-14-25-24(16-20)13-12-23(28(25)31)11-8-21-10-15-27(26(30)17-21)36-29(32,33)34/h3-4,6-7,9-10,12-17H,2,5,8,11,18H2,1H3. The number of benzene rings is 4. The predicted octanol–water partition coefficient (Wildman–Crippen LogP) is 7.73. The van der Waals surface area contributed by atoms with Gasteiger partial charge in [-0.2, -0.15) is 0 Å². The molecule has 0 spiro atoms. The van der Waals surface area contributed by atoms with E-state index in [4.69, 9.17) is 4.74 Å². The maximum absolute atomic E-state index is 15.2. The van der Waals surface area contributed by atoms with Crippen LogP contribution >= 0.6 is 0 Å². The summed E-state index contributed by atoms with van der Waals surface area (Å²) in [4.78, 5) is 0. The Morgan fingerprint density at radius 3 is 1.97 bits per heavy atom. The number of ether oxygens (including phenoxy) is 2. The van der Waals surface area contributed by atoms with E-state index in [0.29, 0.717) is 23.1 Å². The van der Waals surface area contributed by atoms with Crippen molar-refractivity contribution in [3.05, 3.63) is 112 Å². The number of rotatable bonds is 9. The van der Waals surface area contributed by atoms with Crippen molar-refractivity contribution in [1.29, 1.82) is 0 Å². The van der Waals surface area contributed by atoms with Gasteiger partial charge in [-0.15, -0.1) is 13.2 Å². The fourth-order valence-electron chi connectivity index (χ4n) is 4.18. The molecule has 0 heterocycles. The third-order valence-corrected chi connectivity index (χ3v) is 6.04. The van der Waals surface area contributed by atoms with E-state index in [9.17, 15) is 17.6 Å². The molecule has 36 heavy (non-hydrogen) atoms. The minimum absolute atomic E-state index is 0.271. The maximum atomic E-state index is 15.2. The van der Waals surface area contributed by atoms with Gasteiger partial charge in [0.1, 0.15) is 5.82 Å². The van der Waals surface area contributed by atoms with Gasteiger partial charge in [0.05, 0.1) is 6.61 Å². The summed E-state index contributed by atoms with van der Waals surface area (Å²) >= 11 is 0. The Kier molecular flexibility index (Phi) is 7.89. The van der Waals surface area contributed by atoms with Crippen LogP contribution in [0, 0.1) is 11.6 Å². The van der Waals surface area contributed by atoms with E-state index in [2.05, 4.69) is 29.0 Å². The van der Waals surface area contributed by atoms with Crippen molar-refractivity contribution in [2.75, 3.05) is 7.11 Å². The predicted molar refractivity (Wildman–Crippen MR) is 129 cm³/mol. The third-order valence-electron chi connectivity index (χ3n) is 6.04. The summed E-state index contributed by atoms with van der Waals surface area (Å²) in [6.07, 6.45) is -2.73. The second-order valence-electron chi connectivity index (χ2n) is 8.66. The van der Waals surface area contributed by atoms with Crippen molar-refractivity contribution in [2.45, 2.75) is 38.7 Å². The lowest BCUT2D eigenvalue weighted by Crippen LogP contribution is -2.18. The van der Waals surface area contributed by atoms with Crippen molar-refractivity contribution in [2.24, 2.45) is 0 Å². The summed E-state index contributed by atoms with van der Waals surface area (Å²) in [6.45, 7) is 0.582. The molecule has 2 nitrogen and oxygen atoms in total. The van der Waals surface area contributed by atoms with E-state index in [1.54, 1.807) is 19.2 Å². The Hall–Kier alpha value is -3.45. The molecule has 4 rings (SSSR count). The van der Waals surface area contributed by atoms with Gasteiger partial charge in [-0.25, -0.2) is 8.78 Å². The molecule has 0 fully saturated rings. The first-order valence-corrected chi connectivity index (χ1v) is 11.5. The highest BCUT2D eigenvalue weighted by atomic mass is 19.4. The fourth-order valence-corrected chi connectivity index (χ4v) is 4.18. The van der Waals surface area contributed by atoms with Crippen molar-refractivity contribution in [3.63, 3.8) is 0 Å². The first kappa shape index (κ1) is 25.6. The first-order valence-electron chi connectivity index (χ1n) is 11.5. The lowest BCUT2D eigenvalue weighted by molar-refractivity contribution is -0.275. The molecule has 4 aromatic carbocycles. The minimum atomic E-state index is -4.97. The van der Waals surface area contributed by atoms with E-state index in [0.717, 1.165) is 41.5 Å². The van der Waals surface area contributed by atoms with Crippen LogP contribution in [-0.2, 0) is 37.0 Å². The number of hydrogen-bond donors (Lipinski definition) is 0. The number of alkyl halides is 3. The minimum Gasteiger partial charge on any atom is -0.403 e. The van der Waals surface area contributed by atoms with E-state index < -0.39 is 17.9 Å². The summed E-state index contributed by atoms with van der Waals surface area (Å²) in [7, 11) is 1.67.